The highest BCUT2D eigenvalue weighted by molar-refractivity contribution is 4.97. The van der Waals surface area contributed by atoms with Crippen molar-refractivity contribution < 1.29 is 26.3 Å². The molecule has 1 nitrogen and oxygen atoms in total. The second kappa shape index (κ2) is 3.96. The molecule has 0 bridgehead atoms. The summed E-state index contributed by atoms with van der Waals surface area (Å²) < 4.78 is 74.7. The number of hydrogen-bond donors (Lipinski definition) is 1. The van der Waals surface area contributed by atoms with E-state index in [1.165, 1.54) is 12.2 Å². The van der Waals surface area contributed by atoms with Crippen molar-refractivity contribution in [2.45, 2.75) is 38.2 Å². The lowest BCUT2D eigenvalue weighted by molar-refractivity contribution is -0.311. The predicted molar refractivity (Wildman–Crippen MR) is 38.8 cm³/mol. The first-order chi connectivity index (χ1) is 6.12. The van der Waals surface area contributed by atoms with E-state index >= 15 is 0 Å². The molecule has 1 unspecified atom stereocenters. The molecule has 0 aromatic rings. The molecule has 0 spiro atoms. The van der Waals surface area contributed by atoms with E-state index in [4.69, 9.17) is 0 Å². The molecule has 14 heavy (non-hydrogen) atoms. The van der Waals surface area contributed by atoms with Gasteiger partial charge in [-0.15, -0.1) is 0 Å². The van der Waals surface area contributed by atoms with E-state index in [0.717, 1.165) is 6.92 Å². The Hall–Kier alpha value is -0.460. The molecule has 0 saturated heterocycles. The average Bonchev–Trinajstić information content (AvgIpc) is 2.00. The van der Waals surface area contributed by atoms with Crippen LogP contribution in [0.15, 0.2) is 0 Å². The van der Waals surface area contributed by atoms with E-state index in [9.17, 15) is 26.3 Å². The molecule has 0 heterocycles. The van der Waals surface area contributed by atoms with Gasteiger partial charge in [0.2, 0.25) is 0 Å². The molecule has 0 aromatic heterocycles. The van der Waals surface area contributed by atoms with Crippen molar-refractivity contribution >= 4 is 0 Å². The SMILES string of the molecule is CCNC(F)(F)C(F)(CC)C(F)(F)F. The lowest BCUT2D eigenvalue weighted by atomic mass is 9.99. The maximum absolute atomic E-state index is 13.1. The number of rotatable bonds is 4. The molecule has 0 radical (unpaired) electrons. The van der Waals surface area contributed by atoms with Gasteiger partial charge in [0.05, 0.1) is 0 Å². The topological polar surface area (TPSA) is 12.0 Å². The van der Waals surface area contributed by atoms with E-state index in [0.29, 0.717) is 0 Å². The van der Waals surface area contributed by atoms with Crippen LogP contribution in [0.2, 0.25) is 0 Å². The second-order valence-corrected chi connectivity index (χ2v) is 2.76. The summed E-state index contributed by atoms with van der Waals surface area (Å²) in [4.78, 5) is 0. The Morgan fingerprint density at radius 2 is 1.36 bits per heavy atom. The van der Waals surface area contributed by atoms with Gasteiger partial charge in [0.15, 0.2) is 0 Å². The minimum absolute atomic E-state index is 0.450. The number of nitrogens with one attached hydrogen (secondary N) is 1. The highest BCUT2D eigenvalue weighted by Gasteiger charge is 2.69. The molecule has 0 amide bonds. The molecule has 86 valence electrons. The van der Waals surface area contributed by atoms with Crippen LogP contribution in [0, 0.1) is 0 Å². The van der Waals surface area contributed by atoms with Crippen LogP contribution in [-0.2, 0) is 0 Å². The number of alkyl halides is 6. The summed E-state index contributed by atoms with van der Waals surface area (Å²) in [6, 6.07) is -4.60. The quantitative estimate of drug-likeness (QED) is 0.570. The van der Waals surface area contributed by atoms with E-state index in [1.807, 2.05) is 0 Å². The summed E-state index contributed by atoms with van der Waals surface area (Å²) in [5.41, 5.74) is -4.52. The van der Waals surface area contributed by atoms with Gasteiger partial charge >= 0.3 is 12.2 Å². The van der Waals surface area contributed by atoms with Gasteiger partial charge in [0.1, 0.15) is 0 Å². The third kappa shape index (κ3) is 2.13. The zero-order valence-corrected chi connectivity index (χ0v) is 7.68. The van der Waals surface area contributed by atoms with Gasteiger partial charge in [-0.1, -0.05) is 13.8 Å². The van der Waals surface area contributed by atoms with Crippen molar-refractivity contribution in [2.24, 2.45) is 0 Å². The van der Waals surface area contributed by atoms with Crippen LogP contribution >= 0.6 is 0 Å². The van der Waals surface area contributed by atoms with E-state index < -0.39 is 30.9 Å². The van der Waals surface area contributed by atoms with E-state index in [1.54, 1.807) is 0 Å². The van der Waals surface area contributed by atoms with Gasteiger partial charge in [-0.25, -0.2) is 4.39 Å². The van der Waals surface area contributed by atoms with Crippen LogP contribution in [-0.4, -0.2) is 24.4 Å². The maximum Gasteiger partial charge on any atom is 0.430 e. The van der Waals surface area contributed by atoms with Crippen LogP contribution in [0.3, 0.4) is 0 Å². The lowest BCUT2D eigenvalue weighted by Gasteiger charge is -2.34. The van der Waals surface area contributed by atoms with Gasteiger partial charge in [0.25, 0.3) is 5.67 Å². The average molecular weight is 223 g/mol. The minimum atomic E-state index is -5.59. The Morgan fingerprint density at radius 1 is 0.929 bits per heavy atom. The van der Waals surface area contributed by atoms with E-state index in [-0.39, 0.29) is 0 Å². The predicted octanol–water partition coefficient (Wildman–Crippen LogP) is 2.87. The summed E-state index contributed by atoms with van der Waals surface area (Å²) in [6.45, 7) is 1.44. The van der Waals surface area contributed by atoms with Gasteiger partial charge < -0.3 is 0 Å². The van der Waals surface area contributed by atoms with Gasteiger partial charge in [-0.3, -0.25) is 5.32 Å². The standard InChI is InChI=1S/C7H11F6N/c1-3-5(8,6(9,10)11)7(12,13)14-4-2/h14H,3-4H2,1-2H3. The fourth-order valence-corrected chi connectivity index (χ4v) is 0.963. The third-order valence-corrected chi connectivity index (χ3v) is 1.83. The van der Waals surface area contributed by atoms with E-state index in [2.05, 4.69) is 0 Å². The molecule has 0 aliphatic rings. The summed E-state index contributed by atoms with van der Waals surface area (Å²) >= 11 is 0. The Labute approximate surface area is 77.5 Å². The zero-order chi connectivity index (χ0) is 11.6. The molecule has 1 atom stereocenters. The summed E-state index contributed by atoms with van der Waals surface area (Å²) in [7, 11) is 0. The highest BCUT2D eigenvalue weighted by atomic mass is 19.4. The normalized spacial score (nSPS) is 18.0. The fourth-order valence-electron chi connectivity index (χ4n) is 0.963. The van der Waals surface area contributed by atoms with Crippen molar-refractivity contribution in [3.05, 3.63) is 0 Å². The molecule has 0 fully saturated rings. The Kier molecular flexibility index (Phi) is 3.83. The largest absolute Gasteiger partial charge is 0.430 e. The summed E-state index contributed by atoms with van der Waals surface area (Å²) in [5.74, 6) is 0. The maximum atomic E-state index is 13.1. The molecule has 1 N–H and O–H groups in total. The van der Waals surface area contributed by atoms with Crippen LogP contribution < -0.4 is 5.32 Å². The molecule has 0 aromatic carbocycles. The van der Waals surface area contributed by atoms with Crippen LogP contribution in [0.5, 0.6) is 0 Å². The van der Waals surface area contributed by atoms with Gasteiger partial charge in [-0.05, 0) is 13.0 Å². The zero-order valence-electron chi connectivity index (χ0n) is 7.68. The monoisotopic (exact) mass is 223 g/mol. The second-order valence-electron chi connectivity index (χ2n) is 2.76. The van der Waals surface area contributed by atoms with Crippen LogP contribution in [0.4, 0.5) is 26.3 Å². The van der Waals surface area contributed by atoms with Crippen LogP contribution in [0.1, 0.15) is 20.3 Å². The lowest BCUT2D eigenvalue weighted by Crippen LogP contribution is -2.61. The van der Waals surface area contributed by atoms with Crippen molar-refractivity contribution in [2.75, 3.05) is 6.54 Å². The van der Waals surface area contributed by atoms with Gasteiger partial charge in [0, 0.05) is 0 Å². The molecule has 0 aliphatic heterocycles. The first-order valence-electron chi connectivity index (χ1n) is 4.01. The molecule has 0 aliphatic carbocycles. The summed E-state index contributed by atoms with van der Waals surface area (Å²) in [6.07, 6.45) is -6.93. The molecule has 0 saturated carbocycles. The molecule has 0 rings (SSSR count). The summed E-state index contributed by atoms with van der Waals surface area (Å²) in [5, 5.41) is 1.19. The highest BCUT2D eigenvalue weighted by Crippen LogP contribution is 2.45. The smallest absolute Gasteiger partial charge is 0.255 e. The van der Waals surface area contributed by atoms with Crippen LogP contribution in [0.25, 0.3) is 0 Å². The fraction of sp³-hybridized carbons (Fsp3) is 1.00. The van der Waals surface area contributed by atoms with Crippen molar-refractivity contribution in [1.29, 1.82) is 0 Å². The Balaban J connectivity index is 5.03. The van der Waals surface area contributed by atoms with Crippen molar-refractivity contribution in [3.8, 4) is 0 Å². The molecular weight excluding hydrogens is 212 g/mol. The first-order valence-corrected chi connectivity index (χ1v) is 4.01. The van der Waals surface area contributed by atoms with Gasteiger partial charge in [-0.2, -0.15) is 22.0 Å². The number of hydrogen-bond acceptors (Lipinski definition) is 1. The minimum Gasteiger partial charge on any atom is -0.255 e. The van der Waals surface area contributed by atoms with Crippen molar-refractivity contribution in [3.63, 3.8) is 0 Å². The molecule has 7 heteroatoms. The third-order valence-electron chi connectivity index (χ3n) is 1.83. The molecular formula is C7H11F6N. The number of halogens is 6. The van der Waals surface area contributed by atoms with Crippen molar-refractivity contribution in [1.82, 2.24) is 5.32 Å². The Morgan fingerprint density at radius 3 is 1.57 bits per heavy atom. The first kappa shape index (κ1) is 13.5. The Bertz CT molecular complexity index is 189.